The number of benzene rings is 1. The van der Waals surface area contributed by atoms with Crippen LogP contribution in [0.2, 0.25) is 0 Å². The molecule has 0 spiro atoms. The summed E-state index contributed by atoms with van der Waals surface area (Å²) in [5, 5.41) is 3.76. The van der Waals surface area contributed by atoms with Gasteiger partial charge in [0.05, 0.1) is 4.90 Å². The standard InChI is InChI=1S/C20H26N2O3S/c1-13(2)21-22-26(24,25)15-8-6-14(7-9-15)12-16-17-10-11-20(5,18(16)23)19(17,3)4/h6-9,12,17,22H,10-11H2,1-5H3/b16-12+/t17-,20-/m1/s1. The van der Waals surface area contributed by atoms with Crippen molar-refractivity contribution >= 4 is 27.6 Å². The van der Waals surface area contributed by atoms with Gasteiger partial charge in [0.2, 0.25) is 0 Å². The van der Waals surface area contributed by atoms with E-state index in [1.807, 2.05) is 6.08 Å². The molecule has 0 amide bonds. The zero-order valence-corrected chi connectivity index (χ0v) is 16.8. The van der Waals surface area contributed by atoms with Crippen LogP contribution in [0.15, 0.2) is 39.8 Å². The van der Waals surface area contributed by atoms with Crippen molar-refractivity contribution in [3.8, 4) is 0 Å². The third kappa shape index (κ3) is 2.80. The molecule has 6 heteroatoms. The highest BCUT2D eigenvalue weighted by Crippen LogP contribution is 2.65. The van der Waals surface area contributed by atoms with Gasteiger partial charge in [0.15, 0.2) is 5.78 Å². The van der Waals surface area contributed by atoms with Crippen molar-refractivity contribution in [2.45, 2.75) is 52.4 Å². The van der Waals surface area contributed by atoms with E-state index < -0.39 is 10.0 Å². The second-order valence-electron chi connectivity index (χ2n) is 8.30. The van der Waals surface area contributed by atoms with E-state index in [0.29, 0.717) is 5.71 Å². The van der Waals surface area contributed by atoms with E-state index >= 15 is 0 Å². The fourth-order valence-electron chi connectivity index (χ4n) is 4.22. The number of fused-ring (bicyclic) bond motifs is 2. The summed E-state index contributed by atoms with van der Waals surface area (Å²) in [5.41, 5.74) is 2.03. The molecule has 0 aliphatic heterocycles. The molecule has 2 aliphatic carbocycles. The van der Waals surface area contributed by atoms with Crippen molar-refractivity contribution in [3.63, 3.8) is 0 Å². The summed E-state index contributed by atoms with van der Waals surface area (Å²) in [7, 11) is -3.67. The summed E-state index contributed by atoms with van der Waals surface area (Å²) in [4.78, 5) is 15.2. The Morgan fingerprint density at radius 2 is 1.81 bits per heavy atom. The molecule has 2 atom stereocenters. The molecule has 2 aliphatic rings. The number of ketones is 1. The number of sulfonamides is 1. The molecule has 0 unspecified atom stereocenters. The largest absolute Gasteiger partial charge is 0.294 e. The first-order chi connectivity index (χ1) is 12.0. The smallest absolute Gasteiger partial charge is 0.276 e. The van der Waals surface area contributed by atoms with Crippen LogP contribution in [0, 0.1) is 16.7 Å². The molecule has 140 valence electrons. The summed E-state index contributed by atoms with van der Waals surface area (Å²) in [5.74, 6) is 0.511. The van der Waals surface area contributed by atoms with Crippen LogP contribution in [-0.2, 0) is 14.8 Å². The van der Waals surface area contributed by atoms with Crippen molar-refractivity contribution in [2.75, 3.05) is 0 Å². The molecule has 0 aromatic heterocycles. The lowest BCUT2D eigenvalue weighted by atomic mass is 9.70. The maximum atomic E-state index is 12.9. The molecule has 0 saturated heterocycles. The molecular formula is C20H26N2O3S. The molecule has 2 saturated carbocycles. The molecule has 26 heavy (non-hydrogen) atoms. The Labute approximate surface area is 155 Å². The van der Waals surface area contributed by atoms with Crippen molar-refractivity contribution in [3.05, 3.63) is 35.4 Å². The van der Waals surface area contributed by atoms with E-state index in [2.05, 4.69) is 30.7 Å². The summed E-state index contributed by atoms with van der Waals surface area (Å²) in [6.45, 7) is 9.87. The third-order valence-electron chi connectivity index (χ3n) is 6.27. The van der Waals surface area contributed by atoms with E-state index in [0.717, 1.165) is 24.0 Å². The van der Waals surface area contributed by atoms with Crippen LogP contribution < -0.4 is 4.83 Å². The highest BCUT2D eigenvalue weighted by atomic mass is 32.2. The van der Waals surface area contributed by atoms with Crippen LogP contribution >= 0.6 is 0 Å². The summed E-state index contributed by atoms with van der Waals surface area (Å²) < 4.78 is 24.4. The van der Waals surface area contributed by atoms with E-state index in [4.69, 9.17) is 0 Å². The van der Waals surface area contributed by atoms with Crippen molar-refractivity contribution in [2.24, 2.45) is 21.8 Å². The predicted octanol–water partition coefficient (Wildman–Crippen LogP) is 3.77. The lowest BCUT2D eigenvalue weighted by molar-refractivity contribution is -0.125. The van der Waals surface area contributed by atoms with Gasteiger partial charge in [-0.1, -0.05) is 32.9 Å². The second-order valence-corrected chi connectivity index (χ2v) is 9.96. The molecule has 1 N–H and O–H groups in total. The van der Waals surface area contributed by atoms with Crippen LogP contribution in [-0.4, -0.2) is 19.9 Å². The number of allylic oxidation sites excluding steroid dienone is 1. The first-order valence-corrected chi connectivity index (χ1v) is 10.4. The summed E-state index contributed by atoms with van der Waals surface area (Å²) in [6.07, 6.45) is 3.91. The zero-order chi connectivity index (χ0) is 19.3. The van der Waals surface area contributed by atoms with Gasteiger partial charge in [0, 0.05) is 11.1 Å². The van der Waals surface area contributed by atoms with Gasteiger partial charge < -0.3 is 0 Å². The maximum absolute atomic E-state index is 12.9. The Kier molecular flexibility index (Phi) is 4.38. The fraction of sp³-hybridized carbons (Fsp3) is 0.500. The molecule has 5 nitrogen and oxygen atoms in total. The molecule has 1 aromatic rings. The van der Waals surface area contributed by atoms with Gasteiger partial charge in [-0.2, -0.15) is 13.5 Å². The number of nitrogens with one attached hydrogen (secondary N) is 1. The highest BCUT2D eigenvalue weighted by Gasteiger charge is 2.63. The topological polar surface area (TPSA) is 75.6 Å². The van der Waals surface area contributed by atoms with Crippen LogP contribution in [0.3, 0.4) is 0 Å². The molecule has 2 fully saturated rings. The fourth-order valence-corrected chi connectivity index (χ4v) is 5.12. The minimum Gasteiger partial charge on any atom is -0.294 e. The second kappa shape index (κ2) is 6.05. The lowest BCUT2D eigenvalue weighted by Gasteiger charge is -2.31. The number of Topliss-reactive ketones (excluding diaryl/α,β-unsaturated/α-hetero) is 1. The minimum atomic E-state index is -3.67. The predicted molar refractivity (Wildman–Crippen MR) is 103 cm³/mol. The minimum absolute atomic E-state index is 0.0286. The molecule has 1 aromatic carbocycles. The number of hydrogen-bond donors (Lipinski definition) is 1. The number of hydrazone groups is 1. The van der Waals surface area contributed by atoms with E-state index in [1.54, 1.807) is 38.1 Å². The van der Waals surface area contributed by atoms with Gasteiger partial charge in [-0.25, -0.2) is 4.83 Å². The van der Waals surface area contributed by atoms with E-state index in [-0.39, 0.29) is 27.4 Å². The van der Waals surface area contributed by atoms with Crippen LogP contribution in [0.25, 0.3) is 6.08 Å². The number of rotatable bonds is 4. The van der Waals surface area contributed by atoms with Crippen LogP contribution in [0.4, 0.5) is 0 Å². The monoisotopic (exact) mass is 374 g/mol. The van der Waals surface area contributed by atoms with Crippen molar-refractivity contribution in [1.29, 1.82) is 0 Å². The molecule has 0 heterocycles. The Morgan fingerprint density at radius 1 is 1.19 bits per heavy atom. The zero-order valence-electron chi connectivity index (χ0n) is 16.0. The number of nitrogens with zero attached hydrogens (tertiary/aromatic N) is 1. The van der Waals surface area contributed by atoms with Gasteiger partial charge in [0.25, 0.3) is 10.0 Å². The Hall–Kier alpha value is -1.95. The number of carbonyl (C=O) groups is 1. The lowest BCUT2D eigenvalue weighted by Crippen LogP contribution is -2.32. The first-order valence-electron chi connectivity index (χ1n) is 8.88. The van der Waals surface area contributed by atoms with E-state index in [1.165, 1.54) is 0 Å². The molecular weight excluding hydrogens is 348 g/mol. The van der Waals surface area contributed by atoms with Gasteiger partial charge in [0.1, 0.15) is 0 Å². The van der Waals surface area contributed by atoms with Gasteiger partial charge >= 0.3 is 0 Å². The third-order valence-corrected chi connectivity index (χ3v) is 7.49. The Balaban J connectivity index is 1.88. The molecule has 0 radical (unpaired) electrons. The van der Waals surface area contributed by atoms with Crippen LogP contribution in [0.5, 0.6) is 0 Å². The van der Waals surface area contributed by atoms with Gasteiger partial charge in [-0.15, -0.1) is 0 Å². The number of hydrogen-bond acceptors (Lipinski definition) is 4. The molecule has 2 bridgehead atoms. The summed E-state index contributed by atoms with van der Waals surface area (Å²) in [6, 6.07) is 6.55. The quantitative estimate of drug-likeness (QED) is 0.495. The van der Waals surface area contributed by atoms with E-state index in [9.17, 15) is 13.2 Å². The average molecular weight is 375 g/mol. The van der Waals surface area contributed by atoms with Crippen molar-refractivity contribution < 1.29 is 13.2 Å². The maximum Gasteiger partial charge on any atom is 0.276 e. The molecule has 3 rings (SSSR count). The summed E-state index contributed by atoms with van der Waals surface area (Å²) >= 11 is 0. The van der Waals surface area contributed by atoms with Gasteiger partial charge in [-0.3, -0.25) is 4.79 Å². The Morgan fingerprint density at radius 3 is 2.31 bits per heavy atom. The van der Waals surface area contributed by atoms with Crippen LogP contribution in [0.1, 0.15) is 53.0 Å². The number of carbonyl (C=O) groups excluding carboxylic acids is 1. The van der Waals surface area contributed by atoms with Gasteiger partial charge in [-0.05, 0) is 67.4 Å². The highest BCUT2D eigenvalue weighted by molar-refractivity contribution is 7.89. The van der Waals surface area contributed by atoms with Crippen molar-refractivity contribution in [1.82, 2.24) is 4.83 Å². The normalized spacial score (nSPS) is 28.4. The average Bonchev–Trinajstić information content (AvgIpc) is 2.88. The SMILES string of the molecule is CC(C)=NNS(=O)(=O)c1ccc(/C=C2/C(=O)[C@@]3(C)CC[C@H]2C3(C)C)cc1. The first kappa shape index (κ1) is 18.8. The Bertz CT molecular complexity index is 907.